The van der Waals surface area contributed by atoms with Gasteiger partial charge in [-0.2, -0.15) is 0 Å². The molecule has 1 aromatic heterocycles. The second kappa shape index (κ2) is 4.97. The lowest BCUT2D eigenvalue weighted by atomic mass is 9.90. The Kier molecular flexibility index (Phi) is 3.28. The van der Waals surface area contributed by atoms with Crippen molar-refractivity contribution < 1.29 is 9.90 Å². The van der Waals surface area contributed by atoms with Crippen molar-refractivity contribution in [3.05, 3.63) is 35.5 Å². The molecule has 0 aliphatic heterocycles. The second-order valence-electron chi connectivity index (χ2n) is 5.94. The fourth-order valence-corrected chi connectivity index (χ4v) is 3.20. The van der Waals surface area contributed by atoms with Gasteiger partial charge in [0.1, 0.15) is 0 Å². The van der Waals surface area contributed by atoms with Crippen molar-refractivity contribution in [2.75, 3.05) is 0 Å². The van der Waals surface area contributed by atoms with Gasteiger partial charge in [0.2, 0.25) is 0 Å². The quantitative estimate of drug-likeness (QED) is 0.900. The standard InChI is InChI=1S/C17H21NO2/c1-3-11-4-7-16-14(8-11)15(10-18(16)2)13(9-17(19)20)12-5-6-12/h4,7-8,10,12-13H,3,5-6,9H2,1-2H3,(H,19,20). The van der Waals surface area contributed by atoms with E-state index in [4.69, 9.17) is 0 Å². The summed E-state index contributed by atoms with van der Waals surface area (Å²) in [5.41, 5.74) is 3.74. The van der Waals surface area contributed by atoms with Crippen LogP contribution in [0.1, 0.15) is 43.2 Å². The third kappa shape index (κ3) is 2.33. The molecule has 3 heteroatoms. The molecule has 1 aromatic carbocycles. The average Bonchev–Trinajstić information content (AvgIpc) is 3.21. The van der Waals surface area contributed by atoms with Gasteiger partial charge in [-0.15, -0.1) is 0 Å². The third-order valence-electron chi connectivity index (χ3n) is 4.48. The summed E-state index contributed by atoms with van der Waals surface area (Å²) in [6, 6.07) is 6.56. The van der Waals surface area contributed by atoms with E-state index in [1.807, 2.05) is 7.05 Å². The molecule has 20 heavy (non-hydrogen) atoms. The number of rotatable bonds is 5. The van der Waals surface area contributed by atoms with Crippen LogP contribution in [-0.4, -0.2) is 15.6 Å². The molecule has 1 fully saturated rings. The molecule has 3 nitrogen and oxygen atoms in total. The Hall–Kier alpha value is -1.77. The predicted molar refractivity (Wildman–Crippen MR) is 80.0 cm³/mol. The summed E-state index contributed by atoms with van der Waals surface area (Å²) in [5, 5.41) is 10.4. The molecule has 1 N–H and O–H groups in total. The molecule has 0 radical (unpaired) electrons. The first-order chi connectivity index (χ1) is 9.60. The summed E-state index contributed by atoms with van der Waals surface area (Å²) in [6.45, 7) is 2.15. The van der Waals surface area contributed by atoms with E-state index in [2.05, 4.69) is 35.9 Å². The number of benzene rings is 1. The molecule has 1 saturated carbocycles. The highest BCUT2D eigenvalue weighted by atomic mass is 16.4. The van der Waals surface area contributed by atoms with E-state index in [-0.39, 0.29) is 12.3 Å². The van der Waals surface area contributed by atoms with Crippen LogP contribution in [0.2, 0.25) is 0 Å². The minimum atomic E-state index is -0.689. The summed E-state index contributed by atoms with van der Waals surface area (Å²) in [5.74, 6) is 0.0378. The lowest BCUT2D eigenvalue weighted by molar-refractivity contribution is -0.137. The zero-order valence-electron chi connectivity index (χ0n) is 12.1. The van der Waals surface area contributed by atoms with Crippen molar-refractivity contribution >= 4 is 16.9 Å². The molecule has 1 aliphatic rings. The molecule has 1 heterocycles. The summed E-state index contributed by atoms with van der Waals surface area (Å²) >= 11 is 0. The van der Waals surface area contributed by atoms with Gasteiger partial charge < -0.3 is 9.67 Å². The normalized spacial score (nSPS) is 16.5. The van der Waals surface area contributed by atoms with Crippen molar-refractivity contribution in [3.8, 4) is 0 Å². The van der Waals surface area contributed by atoms with Crippen molar-refractivity contribution in [3.63, 3.8) is 0 Å². The van der Waals surface area contributed by atoms with E-state index >= 15 is 0 Å². The lowest BCUT2D eigenvalue weighted by Crippen LogP contribution is -2.08. The van der Waals surface area contributed by atoms with Crippen LogP contribution < -0.4 is 0 Å². The van der Waals surface area contributed by atoms with Gasteiger partial charge in [-0.1, -0.05) is 13.0 Å². The number of fused-ring (bicyclic) bond motifs is 1. The van der Waals surface area contributed by atoms with Crippen LogP contribution in [0.15, 0.2) is 24.4 Å². The maximum Gasteiger partial charge on any atom is 0.303 e. The molecule has 1 unspecified atom stereocenters. The molecule has 3 rings (SSSR count). The van der Waals surface area contributed by atoms with Gasteiger partial charge in [-0.25, -0.2) is 0 Å². The van der Waals surface area contributed by atoms with Crippen LogP contribution >= 0.6 is 0 Å². The van der Waals surface area contributed by atoms with E-state index in [0.29, 0.717) is 5.92 Å². The van der Waals surface area contributed by atoms with Crippen LogP contribution in [0.25, 0.3) is 10.9 Å². The fraction of sp³-hybridized carbons (Fsp3) is 0.471. The number of carboxylic acids is 1. The number of carboxylic acid groups (broad SMARTS) is 1. The Bertz CT molecular complexity index is 652. The molecule has 0 saturated heterocycles. The highest BCUT2D eigenvalue weighted by Gasteiger charge is 2.35. The lowest BCUT2D eigenvalue weighted by Gasteiger charge is -2.13. The molecule has 106 valence electrons. The topological polar surface area (TPSA) is 42.2 Å². The molecule has 2 aromatic rings. The second-order valence-corrected chi connectivity index (χ2v) is 5.94. The SMILES string of the molecule is CCc1ccc2c(c1)c(C(CC(=O)O)C1CC1)cn2C. The van der Waals surface area contributed by atoms with E-state index < -0.39 is 5.97 Å². The molecule has 0 bridgehead atoms. The van der Waals surface area contributed by atoms with Crippen molar-refractivity contribution in [2.24, 2.45) is 13.0 Å². The minimum absolute atomic E-state index is 0.170. The molecular weight excluding hydrogens is 250 g/mol. The van der Waals surface area contributed by atoms with Gasteiger partial charge in [0.25, 0.3) is 0 Å². The predicted octanol–water partition coefficient (Wildman–Crippen LogP) is 3.71. The number of aryl methyl sites for hydroxylation is 2. The van der Waals surface area contributed by atoms with E-state index in [1.54, 1.807) is 0 Å². The van der Waals surface area contributed by atoms with Gasteiger partial charge >= 0.3 is 5.97 Å². The van der Waals surface area contributed by atoms with Gasteiger partial charge in [0.15, 0.2) is 0 Å². The third-order valence-corrected chi connectivity index (χ3v) is 4.48. The number of hydrogen-bond donors (Lipinski definition) is 1. The Morgan fingerprint density at radius 2 is 2.20 bits per heavy atom. The number of aromatic nitrogens is 1. The first-order valence-corrected chi connectivity index (χ1v) is 7.39. The Balaban J connectivity index is 2.10. The van der Waals surface area contributed by atoms with Crippen LogP contribution in [0, 0.1) is 5.92 Å². The van der Waals surface area contributed by atoms with Crippen molar-refractivity contribution in [2.45, 2.75) is 38.5 Å². The monoisotopic (exact) mass is 271 g/mol. The van der Waals surface area contributed by atoms with E-state index in [9.17, 15) is 9.90 Å². The Labute approximate surface area is 119 Å². The first-order valence-electron chi connectivity index (χ1n) is 7.39. The van der Waals surface area contributed by atoms with Crippen molar-refractivity contribution in [1.29, 1.82) is 0 Å². The summed E-state index contributed by atoms with van der Waals surface area (Å²) in [7, 11) is 2.04. The zero-order valence-corrected chi connectivity index (χ0v) is 12.1. The van der Waals surface area contributed by atoms with Gasteiger partial charge in [-0.3, -0.25) is 4.79 Å². The first kappa shape index (κ1) is 13.2. The fourth-order valence-electron chi connectivity index (χ4n) is 3.20. The van der Waals surface area contributed by atoms with Crippen LogP contribution in [0.3, 0.4) is 0 Å². The molecular formula is C17H21NO2. The van der Waals surface area contributed by atoms with E-state index in [0.717, 1.165) is 6.42 Å². The molecule has 1 aliphatic carbocycles. The maximum atomic E-state index is 11.2. The Morgan fingerprint density at radius 1 is 1.45 bits per heavy atom. The minimum Gasteiger partial charge on any atom is -0.481 e. The van der Waals surface area contributed by atoms with Crippen LogP contribution in [0.4, 0.5) is 0 Å². The van der Waals surface area contributed by atoms with Crippen LogP contribution in [0.5, 0.6) is 0 Å². The van der Waals surface area contributed by atoms with Gasteiger partial charge in [0.05, 0.1) is 6.42 Å². The maximum absolute atomic E-state index is 11.2. The van der Waals surface area contributed by atoms with Gasteiger partial charge in [0, 0.05) is 24.1 Å². The number of carbonyl (C=O) groups is 1. The summed E-state index contributed by atoms with van der Waals surface area (Å²) in [4.78, 5) is 11.2. The van der Waals surface area contributed by atoms with E-state index in [1.165, 1.54) is 34.9 Å². The van der Waals surface area contributed by atoms with Gasteiger partial charge in [-0.05, 0) is 54.4 Å². The average molecular weight is 271 g/mol. The summed E-state index contributed by atoms with van der Waals surface area (Å²) < 4.78 is 2.13. The smallest absolute Gasteiger partial charge is 0.303 e. The van der Waals surface area contributed by atoms with Crippen molar-refractivity contribution in [1.82, 2.24) is 4.57 Å². The molecule has 1 atom stereocenters. The number of aliphatic carboxylic acids is 1. The Morgan fingerprint density at radius 3 is 2.80 bits per heavy atom. The highest BCUT2D eigenvalue weighted by molar-refractivity contribution is 5.86. The highest BCUT2D eigenvalue weighted by Crippen LogP contribution is 2.46. The molecule has 0 amide bonds. The largest absolute Gasteiger partial charge is 0.481 e. The zero-order chi connectivity index (χ0) is 14.3. The molecule has 0 spiro atoms. The number of nitrogens with zero attached hydrogens (tertiary/aromatic N) is 1. The van der Waals surface area contributed by atoms with Crippen LogP contribution in [-0.2, 0) is 18.3 Å². The number of hydrogen-bond acceptors (Lipinski definition) is 1. The summed E-state index contributed by atoms with van der Waals surface area (Å²) in [6.07, 6.45) is 5.73.